The van der Waals surface area contributed by atoms with E-state index >= 15 is 0 Å². The van der Waals surface area contributed by atoms with Crippen LogP contribution in [0.2, 0.25) is 0 Å². The first-order valence-electron chi connectivity index (χ1n) is 11.8. The van der Waals surface area contributed by atoms with Gasteiger partial charge in [0.2, 0.25) is 0 Å². The lowest BCUT2D eigenvalue weighted by molar-refractivity contribution is -0.151. The molecule has 184 valence electrons. The molecule has 0 aromatic rings. The van der Waals surface area contributed by atoms with E-state index in [-0.39, 0.29) is 12.1 Å². The molecule has 2 aliphatic heterocycles. The van der Waals surface area contributed by atoms with Gasteiger partial charge in [0.15, 0.2) is 6.61 Å². The van der Waals surface area contributed by atoms with E-state index in [4.69, 9.17) is 9.47 Å². The lowest BCUT2D eigenvalue weighted by atomic mass is 9.75. The van der Waals surface area contributed by atoms with Gasteiger partial charge in [-0.3, -0.25) is 19.3 Å². The standard InChI is InChI=1S/C22H34N4O7/c1-3-15-5-9-22(10-6-15)19(29)26(20(30)24-22)13-18(28)33-14-17(27)23-16-7-11-25(12-8-16)21(31)32-4-2/h15-16H,3-14H2,1-2H3,(H,23,27)(H,24,30). The minimum atomic E-state index is -0.918. The molecule has 0 radical (unpaired) electrons. The number of carbonyl (C=O) groups excluding carboxylic acids is 5. The van der Waals surface area contributed by atoms with Gasteiger partial charge in [-0.05, 0) is 51.4 Å². The van der Waals surface area contributed by atoms with Crippen LogP contribution in [-0.2, 0) is 23.9 Å². The van der Waals surface area contributed by atoms with Gasteiger partial charge in [0.1, 0.15) is 12.1 Å². The van der Waals surface area contributed by atoms with Crippen LogP contribution in [0, 0.1) is 5.92 Å². The number of ether oxygens (including phenoxy) is 2. The first-order valence-corrected chi connectivity index (χ1v) is 11.8. The van der Waals surface area contributed by atoms with Gasteiger partial charge < -0.3 is 25.0 Å². The van der Waals surface area contributed by atoms with Gasteiger partial charge in [-0.2, -0.15) is 0 Å². The maximum atomic E-state index is 12.9. The Morgan fingerprint density at radius 2 is 1.73 bits per heavy atom. The van der Waals surface area contributed by atoms with Crippen LogP contribution in [0.1, 0.15) is 58.8 Å². The molecule has 2 heterocycles. The number of esters is 1. The summed E-state index contributed by atoms with van der Waals surface area (Å²) < 4.78 is 9.96. The number of amides is 5. The summed E-state index contributed by atoms with van der Waals surface area (Å²) >= 11 is 0. The highest BCUT2D eigenvalue weighted by Crippen LogP contribution is 2.37. The topological polar surface area (TPSA) is 134 Å². The van der Waals surface area contributed by atoms with E-state index < -0.39 is 42.5 Å². The number of hydrogen-bond donors (Lipinski definition) is 2. The van der Waals surface area contributed by atoms with Crippen molar-refractivity contribution in [2.75, 3.05) is 32.8 Å². The van der Waals surface area contributed by atoms with Crippen LogP contribution in [0.25, 0.3) is 0 Å². The summed E-state index contributed by atoms with van der Waals surface area (Å²) in [7, 11) is 0. The molecule has 11 nitrogen and oxygen atoms in total. The van der Waals surface area contributed by atoms with Crippen molar-refractivity contribution < 1.29 is 33.4 Å². The molecule has 1 spiro atoms. The third kappa shape index (κ3) is 5.94. The summed E-state index contributed by atoms with van der Waals surface area (Å²) in [5, 5.41) is 5.55. The van der Waals surface area contributed by atoms with E-state index in [1.54, 1.807) is 11.8 Å². The maximum absolute atomic E-state index is 12.9. The van der Waals surface area contributed by atoms with Gasteiger partial charge in [-0.15, -0.1) is 0 Å². The van der Waals surface area contributed by atoms with Gasteiger partial charge in [-0.1, -0.05) is 13.3 Å². The monoisotopic (exact) mass is 466 g/mol. The Labute approximate surface area is 193 Å². The molecule has 2 saturated heterocycles. The molecule has 0 atom stereocenters. The van der Waals surface area contributed by atoms with Crippen LogP contribution >= 0.6 is 0 Å². The largest absolute Gasteiger partial charge is 0.454 e. The highest BCUT2D eigenvalue weighted by atomic mass is 16.6. The first-order chi connectivity index (χ1) is 15.8. The molecule has 1 saturated carbocycles. The second-order valence-corrected chi connectivity index (χ2v) is 8.94. The highest BCUT2D eigenvalue weighted by Gasteiger charge is 2.52. The highest BCUT2D eigenvalue weighted by molar-refractivity contribution is 6.08. The average molecular weight is 467 g/mol. The van der Waals surface area contributed by atoms with Crippen LogP contribution in [-0.4, -0.2) is 84.1 Å². The zero-order valence-electron chi connectivity index (χ0n) is 19.4. The third-order valence-electron chi connectivity index (χ3n) is 6.82. The maximum Gasteiger partial charge on any atom is 0.409 e. The van der Waals surface area contributed by atoms with Crippen molar-refractivity contribution in [2.24, 2.45) is 5.92 Å². The molecule has 33 heavy (non-hydrogen) atoms. The van der Waals surface area contributed by atoms with Gasteiger partial charge in [0.05, 0.1) is 6.61 Å². The molecule has 3 rings (SSSR count). The Bertz CT molecular complexity index is 771. The van der Waals surface area contributed by atoms with E-state index in [0.717, 1.165) is 24.2 Å². The molecule has 0 unspecified atom stereocenters. The molecular formula is C22H34N4O7. The van der Waals surface area contributed by atoms with Crippen molar-refractivity contribution >= 4 is 29.9 Å². The molecule has 11 heteroatoms. The summed E-state index contributed by atoms with van der Waals surface area (Å²) in [6.45, 7) is 4.09. The van der Waals surface area contributed by atoms with Crippen molar-refractivity contribution in [3.05, 3.63) is 0 Å². The van der Waals surface area contributed by atoms with Crippen molar-refractivity contribution in [1.29, 1.82) is 0 Å². The molecule has 3 fully saturated rings. The number of hydrogen-bond acceptors (Lipinski definition) is 7. The fourth-order valence-electron chi connectivity index (χ4n) is 4.75. The molecule has 3 aliphatic rings. The fraction of sp³-hybridized carbons (Fsp3) is 0.773. The molecule has 0 aromatic carbocycles. The summed E-state index contributed by atoms with van der Waals surface area (Å²) in [6, 6.07) is -0.726. The van der Waals surface area contributed by atoms with E-state index in [2.05, 4.69) is 17.6 Å². The number of piperidine rings is 1. The number of nitrogens with zero attached hydrogens (tertiary/aromatic N) is 2. The predicted molar refractivity (Wildman–Crippen MR) is 116 cm³/mol. The summed E-state index contributed by atoms with van der Waals surface area (Å²) in [5.74, 6) is -1.12. The van der Waals surface area contributed by atoms with E-state index in [1.165, 1.54) is 0 Å². The van der Waals surface area contributed by atoms with Crippen LogP contribution in [0.15, 0.2) is 0 Å². The van der Waals surface area contributed by atoms with Crippen LogP contribution in [0.4, 0.5) is 9.59 Å². The number of rotatable bonds is 7. The average Bonchev–Trinajstić information content (AvgIpc) is 3.03. The van der Waals surface area contributed by atoms with Crippen molar-refractivity contribution in [2.45, 2.75) is 70.4 Å². The van der Waals surface area contributed by atoms with Gasteiger partial charge in [0.25, 0.3) is 11.8 Å². The molecule has 1 aliphatic carbocycles. The van der Waals surface area contributed by atoms with E-state index in [1.807, 2.05) is 0 Å². The SMILES string of the molecule is CCOC(=O)N1CCC(NC(=O)COC(=O)CN2C(=O)NC3(CCC(CC)CC3)C2=O)CC1. The minimum Gasteiger partial charge on any atom is -0.454 e. The van der Waals surface area contributed by atoms with Crippen molar-refractivity contribution in [1.82, 2.24) is 20.4 Å². The Balaban J connectivity index is 1.39. The third-order valence-corrected chi connectivity index (χ3v) is 6.82. The van der Waals surface area contributed by atoms with Crippen LogP contribution in [0.3, 0.4) is 0 Å². The normalized spacial score (nSPS) is 25.7. The van der Waals surface area contributed by atoms with Gasteiger partial charge in [0, 0.05) is 19.1 Å². The summed E-state index contributed by atoms with van der Waals surface area (Å²) in [4.78, 5) is 63.7. The van der Waals surface area contributed by atoms with E-state index in [9.17, 15) is 24.0 Å². The Kier molecular flexibility index (Phi) is 8.15. The lowest BCUT2D eigenvalue weighted by Crippen LogP contribution is -2.49. The second-order valence-electron chi connectivity index (χ2n) is 8.94. The number of likely N-dealkylation sites (tertiary alicyclic amines) is 1. The Morgan fingerprint density at radius 3 is 2.33 bits per heavy atom. The van der Waals surface area contributed by atoms with Gasteiger partial charge in [-0.25, -0.2) is 9.59 Å². The number of nitrogens with one attached hydrogen (secondary N) is 2. The summed E-state index contributed by atoms with van der Waals surface area (Å²) in [5.41, 5.74) is -0.918. The number of urea groups is 1. The van der Waals surface area contributed by atoms with E-state index in [0.29, 0.717) is 51.3 Å². The number of carbonyl (C=O) groups is 5. The smallest absolute Gasteiger partial charge is 0.409 e. The minimum absolute atomic E-state index is 0.133. The Hall–Kier alpha value is -2.85. The molecule has 0 aromatic heterocycles. The Morgan fingerprint density at radius 1 is 1.06 bits per heavy atom. The van der Waals surface area contributed by atoms with Gasteiger partial charge >= 0.3 is 18.1 Å². The zero-order valence-corrected chi connectivity index (χ0v) is 19.4. The molecular weight excluding hydrogens is 432 g/mol. The lowest BCUT2D eigenvalue weighted by Gasteiger charge is -2.34. The predicted octanol–water partition coefficient (Wildman–Crippen LogP) is 1.16. The number of imide groups is 1. The van der Waals surface area contributed by atoms with Crippen molar-refractivity contribution in [3.8, 4) is 0 Å². The molecule has 0 bridgehead atoms. The zero-order chi connectivity index (χ0) is 24.0. The van der Waals surface area contributed by atoms with Crippen LogP contribution < -0.4 is 10.6 Å². The van der Waals surface area contributed by atoms with Crippen LogP contribution in [0.5, 0.6) is 0 Å². The quantitative estimate of drug-likeness (QED) is 0.425. The summed E-state index contributed by atoms with van der Waals surface area (Å²) in [6.07, 6.45) is 4.68. The second kappa shape index (κ2) is 10.8. The molecule has 5 amide bonds. The fourth-order valence-corrected chi connectivity index (χ4v) is 4.75. The first kappa shape index (κ1) is 24.8. The van der Waals surface area contributed by atoms with Crippen molar-refractivity contribution in [3.63, 3.8) is 0 Å². The molecule has 2 N–H and O–H groups in total.